The molecule has 0 radical (unpaired) electrons. The van der Waals surface area contributed by atoms with Gasteiger partial charge in [0, 0.05) is 23.1 Å². The van der Waals surface area contributed by atoms with Crippen LogP contribution < -0.4 is 4.72 Å². The zero-order valence-corrected chi connectivity index (χ0v) is 18.9. The average molecular weight is 485 g/mol. The second-order valence-corrected chi connectivity index (χ2v) is 9.71. The van der Waals surface area contributed by atoms with Crippen molar-refractivity contribution >= 4 is 38.5 Å². The number of aromatic carboxylic acids is 1. The molecule has 1 heterocycles. The highest BCUT2D eigenvalue weighted by Gasteiger charge is 2.21. The van der Waals surface area contributed by atoms with Crippen molar-refractivity contribution < 1.29 is 23.4 Å². The number of sulfonamides is 1. The van der Waals surface area contributed by atoms with Gasteiger partial charge >= 0.3 is 5.97 Å². The van der Waals surface area contributed by atoms with Gasteiger partial charge in [-0.3, -0.25) is 0 Å². The number of rotatable bonds is 8. The van der Waals surface area contributed by atoms with E-state index in [1.807, 2.05) is 30.5 Å². The van der Waals surface area contributed by atoms with E-state index in [-0.39, 0.29) is 22.1 Å². The molecule has 1 aromatic heterocycles. The van der Waals surface area contributed by atoms with Crippen molar-refractivity contribution in [2.75, 3.05) is 6.61 Å². The zero-order chi connectivity index (χ0) is 23.6. The van der Waals surface area contributed by atoms with Gasteiger partial charge in [0.1, 0.15) is 0 Å². The minimum absolute atomic E-state index is 0.00550. The van der Waals surface area contributed by atoms with Crippen LogP contribution in [0.3, 0.4) is 0 Å². The highest BCUT2D eigenvalue weighted by atomic mass is 35.5. The maximum absolute atomic E-state index is 12.9. The number of fused-ring (bicyclic) bond motifs is 1. The molecule has 0 spiro atoms. The van der Waals surface area contributed by atoms with E-state index in [1.54, 1.807) is 18.2 Å². The third-order valence-corrected chi connectivity index (χ3v) is 7.23. The Hall–Kier alpha value is -3.17. The van der Waals surface area contributed by atoms with E-state index < -0.39 is 22.0 Å². The Morgan fingerprint density at radius 1 is 1.03 bits per heavy atom. The van der Waals surface area contributed by atoms with Crippen molar-refractivity contribution in [2.45, 2.75) is 17.4 Å². The first kappa shape index (κ1) is 23.0. The molecule has 170 valence electrons. The second kappa shape index (κ2) is 9.36. The van der Waals surface area contributed by atoms with Crippen LogP contribution in [0, 0.1) is 0 Å². The number of aliphatic hydroxyl groups excluding tert-OH is 1. The van der Waals surface area contributed by atoms with Crippen LogP contribution in [0.4, 0.5) is 0 Å². The summed E-state index contributed by atoms with van der Waals surface area (Å²) in [6.07, 6.45) is 2.14. The van der Waals surface area contributed by atoms with E-state index in [4.69, 9.17) is 16.7 Å². The predicted molar refractivity (Wildman–Crippen MR) is 127 cm³/mol. The minimum Gasteiger partial charge on any atom is -0.478 e. The van der Waals surface area contributed by atoms with Gasteiger partial charge in [0.05, 0.1) is 22.1 Å². The van der Waals surface area contributed by atoms with Crippen molar-refractivity contribution in [3.63, 3.8) is 0 Å². The van der Waals surface area contributed by atoms with Gasteiger partial charge in [-0.25, -0.2) is 17.9 Å². The van der Waals surface area contributed by atoms with Crippen LogP contribution in [0.25, 0.3) is 22.0 Å². The van der Waals surface area contributed by atoms with Gasteiger partial charge in [0.15, 0.2) is 0 Å². The fourth-order valence-electron chi connectivity index (χ4n) is 3.69. The van der Waals surface area contributed by atoms with Gasteiger partial charge in [0.2, 0.25) is 10.0 Å². The first-order chi connectivity index (χ1) is 15.8. The van der Waals surface area contributed by atoms with Crippen LogP contribution in [0.2, 0.25) is 5.02 Å². The lowest BCUT2D eigenvalue weighted by atomic mass is 10.0. The standard InChI is InChI=1S/C24H21ClN2O5S/c25-22-12-16(7-10-21(22)24(29)30)15-5-8-19(9-6-15)33(31,32)27-18(14-28)11-17-13-26-23-4-2-1-3-20(17)23/h1-10,12-13,18,26-28H,11,14H2,(H,29,30)/t18-/m1/s1. The highest BCUT2D eigenvalue weighted by Crippen LogP contribution is 2.27. The molecule has 4 rings (SSSR count). The molecular weight excluding hydrogens is 464 g/mol. The highest BCUT2D eigenvalue weighted by molar-refractivity contribution is 7.89. The van der Waals surface area contributed by atoms with Gasteiger partial charge in [-0.1, -0.05) is 48.0 Å². The average Bonchev–Trinajstić information content (AvgIpc) is 3.21. The van der Waals surface area contributed by atoms with E-state index >= 15 is 0 Å². The third-order valence-electron chi connectivity index (χ3n) is 5.38. The number of aromatic nitrogens is 1. The van der Waals surface area contributed by atoms with Crippen molar-refractivity contribution in [3.8, 4) is 11.1 Å². The molecule has 7 nitrogen and oxygen atoms in total. The maximum atomic E-state index is 12.9. The van der Waals surface area contributed by atoms with Crippen LogP contribution in [0.5, 0.6) is 0 Å². The van der Waals surface area contributed by atoms with E-state index in [0.29, 0.717) is 17.5 Å². The Labute approximate surface area is 195 Å². The van der Waals surface area contributed by atoms with Crippen molar-refractivity contribution in [3.05, 3.63) is 89.1 Å². The summed E-state index contributed by atoms with van der Waals surface area (Å²) in [7, 11) is -3.88. The van der Waals surface area contributed by atoms with Gasteiger partial charge in [-0.2, -0.15) is 0 Å². The largest absolute Gasteiger partial charge is 0.478 e. The summed E-state index contributed by atoms with van der Waals surface area (Å²) in [5.41, 5.74) is 3.19. The Morgan fingerprint density at radius 2 is 1.73 bits per heavy atom. The number of hydrogen-bond acceptors (Lipinski definition) is 4. The number of H-pyrrole nitrogens is 1. The smallest absolute Gasteiger partial charge is 0.337 e. The molecule has 0 fully saturated rings. The molecule has 0 amide bonds. The van der Waals surface area contributed by atoms with Crippen LogP contribution in [-0.4, -0.2) is 42.2 Å². The molecule has 0 aliphatic carbocycles. The summed E-state index contributed by atoms with van der Waals surface area (Å²) >= 11 is 6.03. The number of hydrogen-bond donors (Lipinski definition) is 4. The zero-order valence-electron chi connectivity index (χ0n) is 17.3. The molecule has 0 aliphatic heterocycles. The molecule has 1 atom stereocenters. The van der Waals surface area contributed by atoms with E-state index in [0.717, 1.165) is 16.5 Å². The SMILES string of the molecule is O=C(O)c1ccc(-c2ccc(S(=O)(=O)N[C@@H](CO)Cc3c[nH]c4ccccc34)cc2)cc1Cl. The number of carboxylic acid groups (broad SMARTS) is 1. The molecule has 33 heavy (non-hydrogen) atoms. The molecule has 9 heteroatoms. The van der Waals surface area contributed by atoms with Gasteiger partial charge in [-0.05, 0) is 53.4 Å². The van der Waals surface area contributed by atoms with Crippen LogP contribution >= 0.6 is 11.6 Å². The van der Waals surface area contributed by atoms with Gasteiger partial charge < -0.3 is 15.2 Å². The number of halogens is 1. The summed E-state index contributed by atoms with van der Waals surface area (Å²) in [6, 6.07) is 17.7. The Morgan fingerprint density at radius 3 is 2.39 bits per heavy atom. The summed E-state index contributed by atoms with van der Waals surface area (Å²) in [6.45, 7) is -0.356. The van der Waals surface area contributed by atoms with Gasteiger partial charge in [0.25, 0.3) is 0 Å². The van der Waals surface area contributed by atoms with Crippen LogP contribution in [-0.2, 0) is 16.4 Å². The normalized spacial score (nSPS) is 12.7. The predicted octanol–water partition coefficient (Wildman–Crippen LogP) is 4.07. The van der Waals surface area contributed by atoms with Crippen molar-refractivity contribution in [2.24, 2.45) is 0 Å². The Kier molecular flexibility index (Phi) is 6.53. The van der Waals surface area contributed by atoms with E-state index in [9.17, 15) is 18.3 Å². The monoisotopic (exact) mass is 484 g/mol. The number of para-hydroxylation sites is 1. The topological polar surface area (TPSA) is 119 Å². The lowest BCUT2D eigenvalue weighted by Crippen LogP contribution is -2.39. The van der Waals surface area contributed by atoms with E-state index in [1.165, 1.54) is 24.3 Å². The summed E-state index contributed by atoms with van der Waals surface area (Å²) in [4.78, 5) is 14.3. The third kappa shape index (κ3) is 4.94. The Bertz CT molecular complexity index is 1410. The maximum Gasteiger partial charge on any atom is 0.337 e. The number of carbonyl (C=O) groups is 1. The number of carboxylic acids is 1. The van der Waals surface area contributed by atoms with Crippen LogP contribution in [0.15, 0.2) is 77.8 Å². The first-order valence-electron chi connectivity index (χ1n) is 10.1. The summed E-state index contributed by atoms with van der Waals surface area (Å²) in [5, 5.41) is 20.0. The second-order valence-electron chi connectivity index (χ2n) is 7.59. The molecule has 0 bridgehead atoms. The number of benzene rings is 3. The number of aromatic amines is 1. The molecule has 0 saturated heterocycles. The quantitative estimate of drug-likeness (QED) is 0.300. The Balaban J connectivity index is 1.52. The summed E-state index contributed by atoms with van der Waals surface area (Å²) in [5.74, 6) is -1.12. The molecular formula is C24H21ClN2O5S. The van der Waals surface area contributed by atoms with Crippen LogP contribution in [0.1, 0.15) is 15.9 Å². The molecule has 0 aliphatic rings. The number of aliphatic hydroxyl groups is 1. The van der Waals surface area contributed by atoms with Gasteiger partial charge in [-0.15, -0.1) is 0 Å². The fraction of sp³-hybridized carbons (Fsp3) is 0.125. The van der Waals surface area contributed by atoms with Crippen molar-refractivity contribution in [1.82, 2.24) is 9.71 Å². The van der Waals surface area contributed by atoms with Crippen molar-refractivity contribution in [1.29, 1.82) is 0 Å². The minimum atomic E-state index is -3.88. The fourth-order valence-corrected chi connectivity index (χ4v) is 5.18. The van der Waals surface area contributed by atoms with E-state index in [2.05, 4.69) is 9.71 Å². The lowest BCUT2D eigenvalue weighted by Gasteiger charge is -2.16. The number of nitrogens with one attached hydrogen (secondary N) is 2. The molecule has 0 unspecified atom stereocenters. The summed E-state index contributed by atoms with van der Waals surface area (Å²) < 4.78 is 28.4. The first-order valence-corrected chi connectivity index (χ1v) is 12.0. The lowest BCUT2D eigenvalue weighted by molar-refractivity contribution is 0.0697. The molecule has 4 aromatic rings. The molecule has 0 saturated carbocycles. The molecule has 3 aromatic carbocycles. The molecule has 4 N–H and O–H groups in total.